The van der Waals surface area contributed by atoms with Crippen LogP contribution >= 0.6 is 0 Å². The number of halogens is 6. The lowest BCUT2D eigenvalue weighted by atomic mass is 10.1. The van der Waals surface area contributed by atoms with Crippen molar-refractivity contribution < 1.29 is 35.9 Å². The molecule has 0 spiro atoms. The van der Waals surface area contributed by atoms with Crippen LogP contribution in [0.1, 0.15) is 15.9 Å². The first kappa shape index (κ1) is 18.6. The first-order chi connectivity index (χ1) is 11.6. The molecule has 0 fully saturated rings. The molecular formula is C16H11F6NO2. The Morgan fingerprint density at radius 3 is 2.12 bits per heavy atom. The lowest BCUT2D eigenvalue weighted by Gasteiger charge is -2.18. The molecule has 1 amide bonds. The van der Waals surface area contributed by atoms with Gasteiger partial charge in [-0.15, -0.1) is 13.2 Å². The highest BCUT2D eigenvalue weighted by Crippen LogP contribution is 2.30. The summed E-state index contributed by atoms with van der Waals surface area (Å²) >= 11 is 0. The van der Waals surface area contributed by atoms with Gasteiger partial charge < -0.3 is 10.1 Å². The number of carbonyl (C=O) groups excluding carboxylic acids is 1. The van der Waals surface area contributed by atoms with E-state index in [2.05, 4.69) is 4.74 Å². The third kappa shape index (κ3) is 5.13. The number of rotatable bonds is 5. The van der Waals surface area contributed by atoms with E-state index in [4.69, 9.17) is 0 Å². The van der Waals surface area contributed by atoms with Gasteiger partial charge >= 0.3 is 6.36 Å². The second-order valence-electron chi connectivity index (χ2n) is 4.94. The zero-order valence-corrected chi connectivity index (χ0v) is 12.4. The van der Waals surface area contributed by atoms with Gasteiger partial charge in [0.1, 0.15) is 11.6 Å². The van der Waals surface area contributed by atoms with Gasteiger partial charge in [-0.3, -0.25) is 4.79 Å². The molecule has 0 aliphatic rings. The Balaban J connectivity index is 2.03. The summed E-state index contributed by atoms with van der Waals surface area (Å²) in [4.78, 5) is 11.7. The van der Waals surface area contributed by atoms with E-state index in [0.29, 0.717) is 0 Å². The van der Waals surface area contributed by atoms with Crippen LogP contribution in [0.15, 0.2) is 48.5 Å². The number of hydrogen-bond donors (Lipinski definition) is 1. The lowest BCUT2D eigenvalue weighted by molar-refractivity contribution is -0.274. The number of amides is 1. The third-order valence-electron chi connectivity index (χ3n) is 3.10. The van der Waals surface area contributed by atoms with Crippen LogP contribution < -0.4 is 10.1 Å². The van der Waals surface area contributed by atoms with Crippen molar-refractivity contribution >= 4 is 5.91 Å². The topological polar surface area (TPSA) is 38.3 Å². The van der Waals surface area contributed by atoms with Crippen LogP contribution in [0.25, 0.3) is 0 Å². The van der Waals surface area contributed by atoms with Gasteiger partial charge in [0, 0.05) is 5.56 Å². The van der Waals surface area contributed by atoms with Gasteiger partial charge in [-0.2, -0.15) is 8.78 Å². The van der Waals surface area contributed by atoms with E-state index in [0.717, 1.165) is 36.4 Å². The fraction of sp³-hybridized carbons (Fsp3) is 0.188. The molecule has 25 heavy (non-hydrogen) atoms. The van der Waals surface area contributed by atoms with Crippen LogP contribution in [0.4, 0.5) is 26.3 Å². The van der Waals surface area contributed by atoms with Crippen molar-refractivity contribution in [1.29, 1.82) is 0 Å². The predicted octanol–water partition coefficient (Wildman–Crippen LogP) is 4.25. The molecule has 1 N–H and O–H groups in total. The summed E-state index contributed by atoms with van der Waals surface area (Å²) in [6, 6.07) is 7.80. The van der Waals surface area contributed by atoms with E-state index >= 15 is 0 Å². The van der Waals surface area contributed by atoms with E-state index in [1.807, 2.05) is 5.32 Å². The van der Waals surface area contributed by atoms with Crippen molar-refractivity contribution in [3.63, 3.8) is 0 Å². The second-order valence-corrected chi connectivity index (χ2v) is 4.94. The Morgan fingerprint density at radius 2 is 1.56 bits per heavy atom. The van der Waals surface area contributed by atoms with Crippen molar-refractivity contribution in [1.82, 2.24) is 5.32 Å². The lowest BCUT2D eigenvalue weighted by Crippen LogP contribution is -2.35. The molecule has 0 aromatic heterocycles. The first-order valence-corrected chi connectivity index (χ1v) is 6.85. The number of benzene rings is 2. The van der Waals surface area contributed by atoms with Crippen LogP contribution in [0.2, 0.25) is 0 Å². The van der Waals surface area contributed by atoms with E-state index in [1.54, 1.807) is 0 Å². The van der Waals surface area contributed by atoms with Gasteiger partial charge in [-0.05, 0) is 36.4 Å². The van der Waals surface area contributed by atoms with Gasteiger partial charge in [-0.25, -0.2) is 4.39 Å². The Labute approximate surface area is 138 Å². The molecule has 0 saturated carbocycles. The molecule has 0 aliphatic heterocycles. The summed E-state index contributed by atoms with van der Waals surface area (Å²) in [6.07, 6.45) is -4.93. The van der Waals surface area contributed by atoms with E-state index in [-0.39, 0.29) is 0 Å². The Kier molecular flexibility index (Phi) is 5.24. The van der Waals surface area contributed by atoms with Crippen molar-refractivity contribution in [3.05, 3.63) is 65.5 Å². The number of hydrogen-bond acceptors (Lipinski definition) is 2. The molecule has 2 aromatic carbocycles. The monoisotopic (exact) mass is 363 g/mol. The van der Waals surface area contributed by atoms with Crippen molar-refractivity contribution in [2.75, 3.05) is 6.54 Å². The summed E-state index contributed by atoms with van der Waals surface area (Å²) in [5, 5.41) is 1.89. The van der Waals surface area contributed by atoms with Crippen LogP contribution in [-0.2, 0) is 5.92 Å². The van der Waals surface area contributed by atoms with E-state index in [1.165, 1.54) is 12.1 Å². The maximum atomic E-state index is 14.0. The smallest absolute Gasteiger partial charge is 0.406 e. The third-order valence-corrected chi connectivity index (χ3v) is 3.10. The van der Waals surface area contributed by atoms with Gasteiger partial charge in [0.05, 0.1) is 12.1 Å². The molecule has 9 heteroatoms. The second kappa shape index (κ2) is 7.04. The number of carbonyl (C=O) groups is 1. The fourth-order valence-electron chi connectivity index (χ4n) is 1.93. The van der Waals surface area contributed by atoms with Gasteiger partial charge in [-0.1, -0.05) is 12.1 Å². The molecule has 0 saturated heterocycles. The maximum absolute atomic E-state index is 14.0. The van der Waals surface area contributed by atoms with Gasteiger partial charge in [0.25, 0.3) is 11.8 Å². The number of ether oxygens (including phenoxy) is 1. The van der Waals surface area contributed by atoms with Crippen LogP contribution in [0.5, 0.6) is 5.75 Å². The fourth-order valence-corrected chi connectivity index (χ4v) is 1.93. The minimum atomic E-state index is -4.93. The first-order valence-electron chi connectivity index (χ1n) is 6.85. The minimum absolute atomic E-state index is 0.396. The Morgan fingerprint density at radius 1 is 0.960 bits per heavy atom. The minimum Gasteiger partial charge on any atom is -0.406 e. The number of nitrogens with one attached hydrogen (secondary N) is 1. The summed E-state index contributed by atoms with van der Waals surface area (Å²) in [7, 11) is 0. The molecule has 0 aliphatic carbocycles. The van der Waals surface area contributed by atoms with Crippen LogP contribution in [-0.4, -0.2) is 18.8 Å². The SMILES string of the molecule is O=C(NCC(F)(F)c1ccc(OC(F)(F)F)cc1)c1ccccc1F. The van der Waals surface area contributed by atoms with Crippen LogP contribution in [0, 0.1) is 5.82 Å². The van der Waals surface area contributed by atoms with Crippen LogP contribution in [0.3, 0.4) is 0 Å². The highest BCUT2D eigenvalue weighted by molar-refractivity contribution is 5.94. The molecule has 2 aromatic rings. The van der Waals surface area contributed by atoms with E-state index in [9.17, 15) is 31.1 Å². The molecule has 0 atom stereocenters. The molecular weight excluding hydrogens is 352 g/mol. The molecule has 0 radical (unpaired) electrons. The molecule has 0 bridgehead atoms. The van der Waals surface area contributed by atoms with Crippen molar-refractivity contribution in [2.24, 2.45) is 0 Å². The normalized spacial score (nSPS) is 11.9. The van der Waals surface area contributed by atoms with Gasteiger partial charge in [0.15, 0.2) is 0 Å². The summed E-state index contributed by atoms with van der Waals surface area (Å²) in [6.45, 7) is -1.15. The van der Waals surface area contributed by atoms with E-state index < -0.39 is 47.4 Å². The standard InChI is InChI=1S/C16H11F6NO2/c17-13-4-2-1-3-12(13)14(24)23-9-15(18,19)10-5-7-11(8-6-10)25-16(20,21)22/h1-8H,9H2,(H,23,24). The zero-order valence-electron chi connectivity index (χ0n) is 12.4. The molecule has 0 heterocycles. The Hall–Kier alpha value is -2.71. The highest BCUT2D eigenvalue weighted by Gasteiger charge is 2.34. The Bertz CT molecular complexity index is 743. The summed E-state index contributed by atoms with van der Waals surface area (Å²) < 4.78 is 81.1. The van der Waals surface area contributed by atoms with Crippen molar-refractivity contribution in [2.45, 2.75) is 12.3 Å². The number of alkyl halides is 5. The molecule has 3 nitrogen and oxygen atoms in total. The average molecular weight is 363 g/mol. The summed E-state index contributed by atoms with van der Waals surface area (Å²) in [5.41, 5.74) is -1.02. The molecule has 134 valence electrons. The summed E-state index contributed by atoms with van der Waals surface area (Å²) in [5.74, 6) is -6.12. The molecule has 2 rings (SSSR count). The highest BCUT2D eigenvalue weighted by atomic mass is 19.4. The molecule has 0 unspecified atom stereocenters. The predicted molar refractivity (Wildman–Crippen MR) is 75.8 cm³/mol. The largest absolute Gasteiger partial charge is 0.573 e. The maximum Gasteiger partial charge on any atom is 0.573 e. The van der Waals surface area contributed by atoms with Crippen molar-refractivity contribution in [3.8, 4) is 5.75 Å². The quantitative estimate of drug-likeness (QED) is 0.807. The average Bonchev–Trinajstić information content (AvgIpc) is 2.52. The zero-order chi connectivity index (χ0) is 18.7. The van der Waals surface area contributed by atoms with Gasteiger partial charge in [0.2, 0.25) is 0 Å².